The summed E-state index contributed by atoms with van der Waals surface area (Å²) in [6.07, 6.45) is 3.37. The molecule has 5 N–H and O–H groups in total. The van der Waals surface area contributed by atoms with Crippen molar-refractivity contribution in [3.63, 3.8) is 0 Å². The molecule has 0 atom stereocenters. The fourth-order valence-electron chi connectivity index (χ4n) is 1.12. The summed E-state index contributed by atoms with van der Waals surface area (Å²) in [4.78, 5) is 21.7. The second-order valence-electron chi connectivity index (χ2n) is 2.92. The van der Waals surface area contributed by atoms with Gasteiger partial charge in [0.2, 0.25) is 0 Å². The molecule has 8 heteroatoms. The first-order valence-electron chi connectivity index (χ1n) is 4.13. The Morgan fingerprint density at radius 1 is 1.56 bits per heavy atom. The van der Waals surface area contributed by atoms with Crippen LogP contribution < -0.4 is 16.8 Å². The third kappa shape index (κ3) is 2.64. The molecule has 0 saturated carbocycles. The first-order valence-corrected chi connectivity index (χ1v) is 7.25. The van der Waals surface area contributed by atoms with Crippen LogP contribution in [0.5, 0.6) is 0 Å². The summed E-state index contributed by atoms with van der Waals surface area (Å²) in [7, 11) is 0. The SMILES string of the molecule is C=C(C(N)=O)[C]1=[In][N](C#N)C=C1NC(N)=O. The van der Waals surface area contributed by atoms with E-state index in [-0.39, 0.29) is 5.57 Å². The van der Waals surface area contributed by atoms with Crippen molar-refractivity contribution in [3.05, 3.63) is 24.0 Å². The summed E-state index contributed by atoms with van der Waals surface area (Å²) in [5.74, 6) is -0.668. The van der Waals surface area contributed by atoms with Crippen LogP contribution in [0, 0.1) is 11.5 Å². The minimum atomic E-state index is -1.67. The van der Waals surface area contributed by atoms with Gasteiger partial charge in [-0.25, -0.2) is 0 Å². The van der Waals surface area contributed by atoms with E-state index in [0.29, 0.717) is 8.95 Å². The van der Waals surface area contributed by atoms with Crippen molar-refractivity contribution in [1.82, 2.24) is 8.20 Å². The van der Waals surface area contributed by atoms with Gasteiger partial charge in [0.25, 0.3) is 0 Å². The van der Waals surface area contributed by atoms with E-state index in [9.17, 15) is 9.59 Å². The molecule has 0 aromatic heterocycles. The maximum atomic E-state index is 11.0. The molecule has 0 spiro atoms. The fraction of sp³-hybridized carbons (Fsp3) is 0. The quantitative estimate of drug-likeness (QED) is 0.416. The van der Waals surface area contributed by atoms with E-state index in [1.165, 1.54) is 9.09 Å². The van der Waals surface area contributed by atoms with Gasteiger partial charge in [-0.15, -0.1) is 0 Å². The second kappa shape index (κ2) is 4.85. The predicted molar refractivity (Wildman–Crippen MR) is 57.3 cm³/mol. The van der Waals surface area contributed by atoms with Gasteiger partial charge in [0.15, 0.2) is 0 Å². The number of allylic oxidation sites excluding steroid dienone is 1. The van der Waals surface area contributed by atoms with Gasteiger partial charge in [-0.05, 0) is 0 Å². The van der Waals surface area contributed by atoms with E-state index < -0.39 is 34.6 Å². The maximum absolute atomic E-state index is 11.0. The Hall–Kier alpha value is -1.75. The normalized spacial score (nSPS) is 13.1. The van der Waals surface area contributed by atoms with Gasteiger partial charge in [0.1, 0.15) is 0 Å². The van der Waals surface area contributed by atoms with Gasteiger partial charge in [-0.2, -0.15) is 0 Å². The Labute approximate surface area is 103 Å². The molecule has 80 valence electrons. The predicted octanol–water partition coefficient (Wildman–Crippen LogP) is -1.87. The standard InChI is InChI=1S/C8H9N5O2.In/c1-5(7(10)14)2-6(3-12-4-9)13-8(11)15;/h3,9H,1H2,(H5,10,11,13,14,15);/q;+1/p-1. The Morgan fingerprint density at radius 2 is 2.19 bits per heavy atom. The molecular weight excluding hydrogens is 313 g/mol. The van der Waals surface area contributed by atoms with Crippen LogP contribution in [0.3, 0.4) is 0 Å². The Kier molecular flexibility index (Phi) is 3.73. The zero-order valence-corrected chi connectivity index (χ0v) is 11.5. The third-order valence-corrected chi connectivity index (χ3v) is 5.99. The van der Waals surface area contributed by atoms with Crippen molar-refractivity contribution < 1.29 is 9.59 Å². The number of carbonyl (C=O) groups excluding carboxylic acids is 2. The summed E-state index contributed by atoms with van der Waals surface area (Å²) >= 11 is -1.67. The van der Waals surface area contributed by atoms with Crippen LogP contribution in [0.1, 0.15) is 0 Å². The molecular formula is C8H8InN5O2. The van der Waals surface area contributed by atoms with Gasteiger partial charge in [-0.3, -0.25) is 0 Å². The van der Waals surface area contributed by atoms with E-state index in [4.69, 9.17) is 16.7 Å². The van der Waals surface area contributed by atoms with Crippen LogP contribution in [0.2, 0.25) is 0 Å². The Morgan fingerprint density at radius 3 is 2.62 bits per heavy atom. The average molecular weight is 321 g/mol. The molecule has 0 unspecified atom stereocenters. The van der Waals surface area contributed by atoms with Crippen molar-refractivity contribution in [2.45, 2.75) is 0 Å². The van der Waals surface area contributed by atoms with Crippen LogP contribution >= 0.6 is 0 Å². The van der Waals surface area contributed by atoms with E-state index in [1.807, 2.05) is 6.19 Å². The monoisotopic (exact) mass is 321 g/mol. The molecule has 1 rings (SSSR count). The number of nitrogens with two attached hydrogens (primary N) is 2. The van der Waals surface area contributed by atoms with Crippen molar-refractivity contribution >= 4 is 37.9 Å². The number of nitrogens with one attached hydrogen (secondary N) is 1. The summed E-state index contributed by atoms with van der Waals surface area (Å²) in [6, 6.07) is -0.761. The van der Waals surface area contributed by atoms with Crippen molar-refractivity contribution in [2.24, 2.45) is 11.5 Å². The van der Waals surface area contributed by atoms with Crippen LogP contribution in [0.15, 0.2) is 24.0 Å². The van der Waals surface area contributed by atoms with Gasteiger partial charge in [-0.1, -0.05) is 0 Å². The number of nitriles is 1. The topological polar surface area (TPSA) is 125 Å². The first-order chi connectivity index (χ1) is 7.45. The Balaban J connectivity index is 3.03. The molecule has 0 aliphatic carbocycles. The number of primary amides is 2. The van der Waals surface area contributed by atoms with Gasteiger partial charge >= 0.3 is 103 Å². The number of hydrogen-bond donors (Lipinski definition) is 3. The summed E-state index contributed by atoms with van der Waals surface area (Å²) in [5, 5.41) is 11.1. The molecule has 1 aliphatic rings. The number of hydrogen-bond acceptors (Lipinski definition) is 4. The summed E-state index contributed by atoms with van der Waals surface area (Å²) in [5.41, 5.74) is 10.5. The van der Waals surface area contributed by atoms with Gasteiger partial charge in [0.05, 0.1) is 0 Å². The van der Waals surface area contributed by atoms with Crippen LogP contribution in [-0.2, 0) is 4.79 Å². The third-order valence-electron chi connectivity index (χ3n) is 1.82. The summed E-state index contributed by atoms with van der Waals surface area (Å²) in [6.45, 7) is 3.53. The number of urea groups is 1. The van der Waals surface area contributed by atoms with E-state index >= 15 is 0 Å². The number of carbonyl (C=O) groups is 2. The van der Waals surface area contributed by atoms with Crippen molar-refractivity contribution in [1.29, 1.82) is 5.26 Å². The number of rotatable bonds is 3. The molecule has 0 fully saturated rings. The molecule has 1 aliphatic heterocycles. The molecule has 1 heterocycles. The zero-order chi connectivity index (χ0) is 12.3. The van der Waals surface area contributed by atoms with Gasteiger partial charge in [0, 0.05) is 0 Å². The van der Waals surface area contributed by atoms with Crippen LogP contribution in [0.4, 0.5) is 4.79 Å². The molecule has 0 aromatic carbocycles. The molecule has 0 radical (unpaired) electrons. The van der Waals surface area contributed by atoms with Crippen molar-refractivity contribution in [2.75, 3.05) is 0 Å². The summed E-state index contributed by atoms with van der Waals surface area (Å²) < 4.78 is 1.98. The first kappa shape index (κ1) is 12.3. The van der Waals surface area contributed by atoms with E-state index in [0.717, 1.165) is 0 Å². The molecule has 3 amide bonds. The second-order valence-corrected chi connectivity index (χ2v) is 6.90. The molecule has 0 bridgehead atoms. The fourth-order valence-corrected chi connectivity index (χ4v) is 4.38. The average Bonchev–Trinajstić information content (AvgIpc) is 2.58. The van der Waals surface area contributed by atoms with Crippen molar-refractivity contribution in [3.8, 4) is 6.19 Å². The van der Waals surface area contributed by atoms with E-state index in [1.54, 1.807) is 0 Å². The number of nitrogens with zero attached hydrogens (tertiary/aromatic N) is 2. The Bertz CT molecular complexity index is 473. The van der Waals surface area contributed by atoms with Crippen LogP contribution in [-0.4, -0.2) is 40.8 Å². The minimum absolute atomic E-state index is 0.124. The zero-order valence-electron chi connectivity index (χ0n) is 8.23. The molecule has 0 saturated heterocycles. The molecule has 16 heavy (non-hydrogen) atoms. The van der Waals surface area contributed by atoms with Crippen LogP contribution in [0.25, 0.3) is 0 Å². The van der Waals surface area contributed by atoms with E-state index in [2.05, 4.69) is 11.9 Å². The number of amides is 3. The molecule has 7 nitrogen and oxygen atoms in total. The van der Waals surface area contributed by atoms with Gasteiger partial charge < -0.3 is 0 Å². The molecule has 0 aromatic rings.